The van der Waals surface area contributed by atoms with E-state index in [-0.39, 0.29) is 25.2 Å². The summed E-state index contributed by atoms with van der Waals surface area (Å²) < 4.78 is 5.27. The molecule has 92 valence electrons. The molecule has 2 fully saturated rings. The Morgan fingerprint density at radius 1 is 1.31 bits per heavy atom. The number of morpholine rings is 1. The predicted molar refractivity (Wildman–Crippen MR) is 60.0 cm³/mol. The molecule has 1 aliphatic carbocycles. The molecule has 1 atom stereocenters. The average molecular weight is 227 g/mol. The molecule has 1 N–H and O–H groups in total. The summed E-state index contributed by atoms with van der Waals surface area (Å²) in [5.41, 5.74) is 0. The average Bonchev–Trinajstić information content (AvgIpc) is 2.31. The van der Waals surface area contributed by atoms with Crippen molar-refractivity contribution >= 4 is 5.91 Å². The zero-order valence-corrected chi connectivity index (χ0v) is 9.73. The van der Waals surface area contributed by atoms with Gasteiger partial charge in [0.05, 0.1) is 12.6 Å². The van der Waals surface area contributed by atoms with Crippen molar-refractivity contribution in [3.8, 4) is 0 Å². The maximum Gasteiger partial charge on any atom is 0.249 e. The van der Waals surface area contributed by atoms with Crippen molar-refractivity contribution in [2.24, 2.45) is 0 Å². The minimum absolute atomic E-state index is 0.0920. The van der Waals surface area contributed by atoms with Gasteiger partial charge < -0.3 is 14.7 Å². The highest BCUT2D eigenvalue weighted by atomic mass is 16.5. The molecular formula is C12H21NO3. The number of hydrogen-bond acceptors (Lipinski definition) is 3. The van der Waals surface area contributed by atoms with Crippen molar-refractivity contribution < 1.29 is 14.6 Å². The van der Waals surface area contributed by atoms with E-state index in [0.717, 1.165) is 12.8 Å². The van der Waals surface area contributed by atoms with Gasteiger partial charge in [0.2, 0.25) is 5.91 Å². The fraction of sp³-hybridized carbons (Fsp3) is 0.917. The molecule has 0 spiro atoms. The van der Waals surface area contributed by atoms with E-state index in [1.165, 1.54) is 19.3 Å². The Morgan fingerprint density at radius 2 is 2.06 bits per heavy atom. The van der Waals surface area contributed by atoms with Crippen LogP contribution in [0.3, 0.4) is 0 Å². The van der Waals surface area contributed by atoms with E-state index in [2.05, 4.69) is 0 Å². The van der Waals surface area contributed by atoms with Crippen molar-refractivity contribution in [3.05, 3.63) is 0 Å². The Bertz CT molecular complexity index is 228. The Hall–Kier alpha value is -0.610. The molecule has 2 aliphatic rings. The lowest BCUT2D eigenvalue weighted by molar-refractivity contribution is -0.153. The molecule has 4 nitrogen and oxygen atoms in total. The highest BCUT2D eigenvalue weighted by Gasteiger charge is 2.34. The number of hydrogen-bond donors (Lipinski definition) is 1. The zero-order chi connectivity index (χ0) is 11.4. The molecule has 0 aromatic rings. The lowest BCUT2D eigenvalue weighted by Gasteiger charge is -2.42. The van der Waals surface area contributed by atoms with Gasteiger partial charge in [-0.25, -0.2) is 0 Å². The van der Waals surface area contributed by atoms with E-state index in [4.69, 9.17) is 9.84 Å². The molecule has 0 bridgehead atoms. The van der Waals surface area contributed by atoms with Gasteiger partial charge in [-0.2, -0.15) is 0 Å². The summed E-state index contributed by atoms with van der Waals surface area (Å²) >= 11 is 0. The first kappa shape index (κ1) is 11.9. The van der Waals surface area contributed by atoms with Crippen LogP contribution in [0.5, 0.6) is 0 Å². The van der Waals surface area contributed by atoms with Crippen LogP contribution in [0.15, 0.2) is 0 Å². The lowest BCUT2D eigenvalue weighted by atomic mass is 9.92. The van der Waals surface area contributed by atoms with Crippen LogP contribution in [0.1, 0.15) is 38.5 Å². The third kappa shape index (κ3) is 2.55. The number of ether oxygens (including phenoxy) is 1. The van der Waals surface area contributed by atoms with Crippen LogP contribution in [-0.4, -0.2) is 47.8 Å². The van der Waals surface area contributed by atoms with Crippen LogP contribution in [0, 0.1) is 0 Å². The largest absolute Gasteiger partial charge is 0.396 e. The van der Waals surface area contributed by atoms with Gasteiger partial charge in [-0.3, -0.25) is 4.79 Å². The molecule has 16 heavy (non-hydrogen) atoms. The summed E-state index contributed by atoms with van der Waals surface area (Å²) in [6, 6.07) is 0.482. The lowest BCUT2D eigenvalue weighted by Crippen LogP contribution is -2.54. The van der Waals surface area contributed by atoms with Gasteiger partial charge in [0.15, 0.2) is 0 Å². The molecule has 1 amide bonds. The highest BCUT2D eigenvalue weighted by molar-refractivity contribution is 5.78. The zero-order valence-electron chi connectivity index (χ0n) is 9.73. The van der Waals surface area contributed by atoms with Crippen LogP contribution in [0.25, 0.3) is 0 Å². The molecule has 1 heterocycles. The molecule has 0 aromatic heterocycles. The summed E-state index contributed by atoms with van der Waals surface area (Å²) in [4.78, 5) is 13.9. The van der Waals surface area contributed by atoms with Gasteiger partial charge in [0, 0.05) is 12.6 Å². The molecule has 4 heteroatoms. The van der Waals surface area contributed by atoms with Crippen LogP contribution in [0.2, 0.25) is 0 Å². The number of carbonyl (C=O) groups excluding carboxylic acids is 1. The Balaban J connectivity index is 2.02. The van der Waals surface area contributed by atoms with Crippen LogP contribution >= 0.6 is 0 Å². The molecule has 1 unspecified atom stereocenters. The molecule has 0 radical (unpaired) electrons. The smallest absolute Gasteiger partial charge is 0.249 e. The number of rotatable bonds is 3. The number of aliphatic hydroxyl groups excluding tert-OH is 1. The van der Waals surface area contributed by atoms with Crippen LogP contribution in [0.4, 0.5) is 0 Å². The number of carbonyl (C=O) groups is 1. The van der Waals surface area contributed by atoms with Crippen molar-refractivity contribution in [1.82, 2.24) is 4.90 Å². The first-order chi connectivity index (χ1) is 7.83. The topological polar surface area (TPSA) is 49.8 Å². The minimum atomic E-state index is 0.0920. The van der Waals surface area contributed by atoms with Crippen molar-refractivity contribution in [2.75, 3.05) is 19.8 Å². The summed E-state index contributed by atoms with van der Waals surface area (Å²) in [5.74, 6) is 0.108. The summed E-state index contributed by atoms with van der Waals surface area (Å²) in [7, 11) is 0. The first-order valence-corrected chi connectivity index (χ1v) is 6.32. The van der Waals surface area contributed by atoms with Crippen molar-refractivity contribution in [3.63, 3.8) is 0 Å². The predicted octanol–water partition coefficient (Wildman–Crippen LogP) is 0.929. The van der Waals surface area contributed by atoms with E-state index in [1.54, 1.807) is 0 Å². The molecule has 1 aliphatic heterocycles. The number of aliphatic hydroxyl groups is 1. The Morgan fingerprint density at radius 3 is 2.75 bits per heavy atom. The van der Waals surface area contributed by atoms with Gasteiger partial charge in [0.25, 0.3) is 0 Å². The molecular weight excluding hydrogens is 206 g/mol. The van der Waals surface area contributed by atoms with E-state index in [9.17, 15) is 4.79 Å². The van der Waals surface area contributed by atoms with Crippen molar-refractivity contribution in [1.29, 1.82) is 0 Å². The maximum absolute atomic E-state index is 11.9. The molecule has 1 saturated heterocycles. The molecule has 1 saturated carbocycles. The minimum Gasteiger partial charge on any atom is -0.396 e. The maximum atomic E-state index is 11.9. The fourth-order valence-electron chi connectivity index (χ4n) is 2.87. The molecule has 0 aromatic carbocycles. The van der Waals surface area contributed by atoms with Gasteiger partial charge >= 0.3 is 0 Å². The number of amides is 1. The first-order valence-electron chi connectivity index (χ1n) is 6.32. The third-order valence-corrected chi connectivity index (χ3v) is 3.65. The van der Waals surface area contributed by atoms with E-state index in [1.807, 2.05) is 4.90 Å². The Labute approximate surface area is 96.6 Å². The number of nitrogens with zero attached hydrogens (tertiary/aromatic N) is 1. The second-order valence-electron chi connectivity index (χ2n) is 4.77. The second-order valence-corrected chi connectivity index (χ2v) is 4.77. The summed E-state index contributed by atoms with van der Waals surface area (Å²) in [6.07, 6.45) is 6.62. The van der Waals surface area contributed by atoms with Crippen LogP contribution < -0.4 is 0 Å². The normalized spacial score (nSPS) is 28.4. The standard InChI is InChI=1S/C12H21NO3/c14-7-6-11-8-16-9-12(15)13(11)10-4-2-1-3-5-10/h10-11,14H,1-9H2. The third-order valence-electron chi connectivity index (χ3n) is 3.65. The van der Waals surface area contributed by atoms with Gasteiger partial charge in [-0.1, -0.05) is 19.3 Å². The highest BCUT2D eigenvalue weighted by Crippen LogP contribution is 2.26. The van der Waals surface area contributed by atoms with Gasteiger partial charge in [-0.15, -0.1) is 0 Å². The van der Waals surface area contributed by atoms with E-state index in [0.29, 0.717) is 19.1 Å². The summed E-state index contributed by atoms with van der Waals surface area (Å²) in [5, 5.41) is 9.03. The second kappa shape index (κ2) is 5.64. The molecule has 2 rings (SSSR count). The van der Waals surface area contributed by atoms with Gasteiger partial charge in [0.1, 0.15) is 6.61 Å². The van der Waals surface area contributed by atoms with E-state index >= 15 is 0 Å². The van der Waals surface area contributed by atoms with Crippen LogP contribution in [-0.2, 0) is 9.53 Å². The van der Waals surface area contributed by atoms with Crippen molar-refractivity contribution in [2.45, 2.75) is 50.6 Å². The summed E-state index contributed by atoms with van der Waals surface area (Å²) in [6.45, 7) is 0.936. The van der Waals surface area contributed by atoms with Gasteiger partial charge in [-0.05, 0) is 19.3 Å². The quantitative estimate of drug-likeness (QED) is 0.780. The SMILES string of the molecule is O=C1COCC(CCO)N1C1CCCCC1. The monoisotopic (exact) mass is 227 g/mol. The fourth-order valence-corrected chi connectivity index (χ4v) is 2.87. The van der Waals surface area contributed by atoms with E-state index < -0.39 is 0 Å². The Kier molecular flexibility index (Phi) is 4.18.